The van der Waals surface area contributed by atoms with Crippen molar-refractivity contribution in [3.8, 4) is 0 Å². The molecule has 0 bridgehead atoms. The second-order valence-electron chi connectivity index (χ2n) is 9.91. The number of rotatable bonds is 2. The van der Waals surface area contributed by atoms with E-state index >= 15 is 0 Å². The van der Waals surface area contributed by atoms with Crippen LogP contribution in [0.2, 0.25) is 0 Å². The number of fused-ring (bicyclic) bond motifs is 2. The molecule has 3 aliphatic carbocycles. The smallest absolute Gasteiger partial charge is 0.124 e. The lowest BCUT2D eigenvalue weighted by Crippen LogP contribution is -2.63. The first kappa shape index (κ1) is 16.4. The van der Waals surface area contributed by atoms with E-state index in [-0.39, 0.29) is 35.2 Å². The first-order valence-electron chi connectivity index (χ1n) is 9.76. The minimum absolute atomic E-state index is 0.0329. The predicted octanol–water partition coefficient (Wildman–Crippen LogP) is 3.38. The Kier molecular flexibility index (Phi) is 3.52. The Balaban J connectivity index is 1.70. The van der Waals surface area contributed by atoms with Crippen LogP contribution in [0.1, 0.15) is 66.2 Å². The highest BCUT2D eigenvalue weighted by Crippen LogP contribution is 2.71. The molecule has 4 aliphatic rings. The maximum absolute atomic E-state index is 11.1. The maximum Gasteiger partial charge on any atom is 0.124 e. The fraction of sp³-hybridized carbons (Fsp3) is 1.00. The molecule has 0 aromatic carbocycles. The van der Waals surface area contributed by atoms with E-state index in [0.717, 1.165) is 12.8 Å². The standard InChI is InChI=1S/C20H34O3/c1-12(2)13-6-7-14-19(4)9-5-8-18(3,11-21)15(19)10-16(22)20(14)17(13)23-20/h12-17,21-22H,5-11H2,1-4H3. The van der Waals surface area contributed by atoms with E-state index in [1.54, 1.807) is 0 Å². The Morgan fingerprint density at radius 2 is 1.87 bits per heavy atom. The molecule has 1 saturated heterocycles. The van der Waals surface area contributed by atoms with Crippen LogP contribution in [-0.2, 0) is 4.74 Å². The van der Waals surface area contributed by atoms with Crippen molar-refractivity contribution in [2.45, 2.75) is 84.0 Å². The van der Waals surface area contributed by atoms with Crippen molar-refractivity contribution < 1.29 is 14.9 Å². The molecule has 4 rings (SSSR count). The molecule has 8 unspecified atom stereocenters. The topological polar surface area (TPSA) is 53.0 Å². The summed E-state index contributed by atoms with van der Waals surface area (Å²) in [5.74, 6) is 2.12. The molecule has 0 amide bonds. The largest absolute Gasteiger partial charge is 0.396 e. The molecule has 3 nitrogen and oxygen atoms in total. The van der Waals surface area contributed by atoms with Gasteiger partial charge in [-0.2, -0.15) is 0 Å². The molecular formula is C20H34O3. The summed E-state index contributed by atoms with van der Waals surface area (Å²) in [5, 5.41) is 21.1. The Labute approximate surface area is 140 Å². The highest BCUT2D eigenvalue weighted by molar-refractivity contribution is 5.24. The highest BCUT2D eigenvalue weighted by Gasteiger charge is 2.76. The fourth-order valence-electron chi connectivity index (χ4n) is 7.24. The molecule has 4 fully saturated rings. The second-order valence-corrected chi connectivity index (χ2v) is 9.91. The van der Waals surface area contributed by atoms with Gasteiger partial charge in [-0.05, 0) is 66.6 Å². The SMILES string of the molecule is CC(C)C1CCC2C3(C)CCCC(C)(CO)C3CC(O)C23OC13. The van der Waals surface area contributed by atoms with Gasteiger partial charge in [-0.25, -0.2) is 0 Å². The molecule has 8 atom stereocenters. The summed E-state index contributed by atoms with van der Waals surface area (Å²) >= 11 is 0. The van der Waals surface area contributed by atoms with Crippen LogP contribution >= 0.6 is 0 Å². The number of aliphatic hydroxyl groups is 2. The lowest BCUT2D eigenvalue weighted by molar-refractivity contribution is -0.171. The number of hydrogen-bond donors (Lipinski definition) is 2. The van der Waals surface area contributed by atoms with Crippen molar-refractivity contribution in [2.75, 3.05) is 6.61 Å². The van der Waals surface area contributed by atoms with E-state index in [9.17, 15) is 10.2 Å². The van der Waals surface area contributed by atoms with Gasteiger partial charge < -0.3 is 14.9 Å². The lowest BCUT2D eigenvalue weighted by Gasteiger charge is -2.61. The normalized spacial score (nSPS) is 58.3. The lowest BCUT2D eigenvalue weighted by atomic mass is 9.43. The molecule has 0 aromatic rings. The number of hydrogen-bond acceptors (Lipinski definition) is 3. The molecule has 0 aromatic heterocycles. The third kappa shape index (κ3) is 1.93. The van der Waals surface area contributed by atoms with Crippen LogP contribution in [0.5, 0.6) is 0 Å². The summed E-state index contributed by atoms with van der Waals surface area (Å²) in [5.41, 5.74) is -0.0767. The van der Waals surface area contributed by atoms with E-state index in [4.69, 9.17) is 4.74 Å². The summed E-state index contributed by atoms with van der Waals surface area (Å²) in [7, 11) is 0. The van der Waals surface area contributed by atoms with Gasteiger partial charge >= 0.3 is 0 Å². The quantitative estimate of drug-likeness (QED) is 0.766. The Bertz CT molecular complexity index is 491. The number of aliphatic hydroxyl groups excluding tert-OH is 2. The van der Waals surface area contributed by atoms with Crippen LogP contribution in [0.4, 0.5) is 0 Å². The third-order valence-corrected chi connectivity index (χ3v) is 8.53. The van der Waals surface area contributed by atoms with Crippen molar-refractivity contribution in [3.63, 3.8) is 0 Å². The van der Waals surface area contributed by atoms with E-state index in [2.05, 4.69) is 27.7 Å². The minimum atomic E-state index is -0.346. The van der Waals surface area contributed by atoms with Gasteiger partial charge in [0.05, 0.1) is 12.2 Å². The summed E-state index contributed by atoms with van der Waals surface area (Å²) in [6.07, 6.45) is 6.68. The molecular weight excluding hydrogens is 288 g/mol. The molecule has 1 aliphatic heterocycles. The maximum atomic E-state index is 11.1. The van der Waals surface area contributed by atoms with Gasteiger partial charge in [0.2, 0.25) is 0 Å². The highest BCUT2D eigenvalue weighted by atomic mass is 16.6. The molecule has 132 valence electrons. The molecule has 2 N–H and O–H groups in total. The molecule has 3 saturated carbocycles. The van der Waals surface area contributed by atoms with Crippen LogP contribution in [0.15, 0.2) is 0 Å². The average Bonchev–Trinajstić information content (AvgIpc) is 3.25. The van der Waals surface area contributed by atoms with Gasteiger partial charge in [-0.15, -0.1) is 0 Å². The zero-order chi connectivity index (χ0) is 16.6. The Morgan fingerprint density at radius 1 is 1.13 bits per heavy atom. The van der Waals surface area contributed by atoms with Crippen LogP contribution < -0.4 is 0 Å². The molecule has 23 heavy (non-hydrogen) atoms. The van der Waals surface area contributed by atoms with E-state index in [1.165, 1.54) is 25.7 Å². The zero-order valence-corrected chi connectivity index (χ0v) is 15.2. The molecule has 1 spiro atoms. The van der Waals surface area contributed by atoms with Crippen molar-refractivity contribution >= 4 is 0 Å². The van der Waals surface area contributed by atoms with Crippen molar-refractivity contribution in [2.24, 2.45) is 34.5 Å². The van der Waals surface area contributed by atoms with E-state index in [0.29, 0.717) is 23.7 Å². The van der Waals surface area contributed by atoms with Crippen LogP contribution in [0.25, 0.3) is 0 Å². The summed E-state index contributed by atoms with van der Waals surface area (Å²) in [6, 6.07) is 0. The number of epoxide rings is 1. The predicted molar refractivity (Wildman–Crippen MR) is 89.9 cm³/mol. The van der Waals surface area contributed by atoms with Gasteiger partial charge in [0, 0.05) is 6.61 Å². The van der Waals surface area contributed by atoms with Crippen LogP contribution in [0.3, 0.4) is 0 Å². The van der Waals surface area contributed by atoms with Gasteiger partial charge in [-0.3, -0.25) is 0 Å². The minimum Gasteiger partial charge on any atom is -0.396 e. The Morgan fingerprint density at radius 3 is 2.52 bits per heavy atom. The summed E-state index contributed by atoms with van der Waals surface area (Å²) < 4.78 is 6.36. The average molecular weight is 322 g/mol. The van der Waals surface area contributed by atoms with Crippen LogP contribution in [0, 0.1) is 34.5 Å². The van der Waals surface area contributed by atoms with Gasteiger partial charge in [-0.1, -0.05) is 34.1 Å². The van der Waals surface area contributed by atoms with Gasteiger partial charge in [0.25, 0.3) is 0 Å². The summed E-state index contributed by atoms with van der Waals surface area (Å²) in [6.45, 7) is 9.52. The van der Waals surface area contributed by atoms with E-state index < -0.39 is 0 Å². The van der Waals surface area contributed by atoms with Gasteiger partial charge in [0.1, 0.15) is 5.60 Å². The van der Waals surface area contributed by atoms with Crippen molar-refractivity contribution in [3.05, 3.63) is 0 Å². The zero-order valence-electron chi connectivity index (χ0n) is 15.2. The molecule has 0 radical (unpaired) electrons. The second kappa shape index (κ2) is 4.95. The van der Waals surface area contributed by atoms with Crippen molar-refractivity contribution in [1.29, 1.82) is 0 Å². The van der Waals surface area contributed by atoms with Crippen molar-refractivity contribution in [1.82, 2.24) is 0 Å². The number of ether oxygens (including phenoxy) is 1. The van der Waals surface area contributed by atoms with Gasteiger partial charge in [0.15, 0.2) is 0 Å². The van der Waals surface area contributed by atoms with E-state index in [1.807, 2.05) is 0 Å². The Hall–Kier alpha value is -0.120. The first-order valence-corrected chi connectivity index (χ1v) is 9.76. The third-order valence-electron chi connectivity index (χ3n) is 8.53. The fourth-order valence-corrected chi connectivity index (χ4v) is 7.24. The summed E-state index contributed by atoms with van der Waals surface area (Å²) in [4.78, 5) is 0. The monoisotopic (exact) mass is 322 g/mol. The first-order chi connectivity index (χ1) is 10.8. The van der Waals surface area contributed by atoms with Crippen LogP contribution in [-0.4, -0.2) is 34.6 Å². The molecule has 3 heteroatoms. The molecule has 1 heterocycles.